The zero-order valence-corrected chi connectivity index (χ0v) is 18.4. The van der Waals surface area contributed by atoms with Gasteiger partial charge in [0.15, 0.2) is 5.82 Å². The summed E-state index contributed by atoms with van der Waals surface area (Å²) in [5.74, 6) is 1.56. The van der Waals surface area contributed by atoms with E-state index in [9.17, 15) is 4.79 Å². The van der Waals surface area contributed by atoms with E-state index in [-0.39, 0.29) is 5.91 Å². The van der Waals surface area contributed by atoms with Crippen LogP contribution >= 0.6 is 11.6 Å². The van der Waals surface area contributed by atoms with E-state index in [1.165, 1.54) is 0 Å². The molecule has 0 aliphatic heterocycles. The minimum absolute atomic E-state index is 0.252. The first kappa shape index (κ1) is 21.3. The molecule has 1 aromatic heterocycles. The number of anilines is 3. The van der Waals surface area contributed by atoms with Gasteiger partial charge in [-0.05, 0) is 55.5 Å². The number of aromatic nitrogens is 2. The topological polar surface area (TPSA) is 76.1 Å². The summed E-state index contributed by atoms with van der Waals surface area (Å²) in [6, 6.07) is 22.1. The van der Waals surface area contributed by atoms with Crippen LogP contribution in [0.15, 0.2) is 79.0 Å². The smallest absolute Gasteiger partial charge is 0.255 e. The van der Waals surface area contributed by atoms with Gasteiger partial charge in [0.1, 0.15) is 11.6 Å². The third-order valence-electron chi connectivity index (χ3n) is 4.74. The van der Waals surface area contributed by atoms with Gasteiger partial charge >= 0.3 is 0 Å². The predicted molar refractivity (Wildman–Crippen MR) is 128 cm³/mol. The van der Waals surface area contributed by atoms with Gasteiger partial charge in [-0.1, -0.05) is 41.4 Å². The summed E-state index contributed by atoms with van der Waals surface area (Å²) in [4.78, 5) is 21.7. The molecule has 4 rings (SSSR count). The lowest BCUT2D eigenvalue weighted by atomic mass is 10.1. The van der Waals surface area contributed by atoms with Crippen molar-refractivity contribution < 1.29 is 9.53 Å². The monoisotopic (exact) mass is 444 g/mol. The van der Waals surface area contributed by atoms with Crippen LogP contribution < -0.4 is 15.4 Å². The zero-order valence-electron chi connectivity index (χ0n) is 17.6. The van der Waals surface area contributed by atoms with Crippen molar-refractivity contribution in [1.29, 1.82) is 0 Å². The third-order valence-corrected chi connectivity index (χ3v) is 5.03. The van der Waals surface area contributed by atoms with Crippen molar-refractivity contribution in [1.82, 2.24) is 9.97 Å². The summed E-state index contributed by atoms with van der Waals surface area (Å²) in [5.41, 5.74) is 3.90. The van der Waals surface area contributed by atoms with Crippen LogP contribution in [0.1, 0.15) is 15.9 Å². The number of benzene rings is 3. The molecule has 0 fully saturated rings. The second kappa shape index (κ2) is 9.49. The van der Waals surface area contributed by atoms with Crippen LogP contribution in [0, 0.1) is 6.92 Å². The molecule has 6 nitrogen and oxygen atoms in total. The SMILES string of the molecule is COc1ccc(NC(=O)c2cccc(Nc3ccnc(-c4cccc(C)c4)n3)c2)cc1Cl. The molecule has 0 saturated carbocycles. The van der Waals surface area contributed by atoms with Crippen LogP contribution in [0.2, 0.25) is 5.02 Å². The third kappa shape index (κ3) is 5.04. The molecule has 0 unspecified atom stereocenters. The fourth-order valence-electron chi connectivity index (χ4n) is 3.19. The van der Waals surface area contributed by atoms with E-state index in [2.05, 4.69) is 20.6 Å². The highest BCUT2D eigenvalue weighted by molar-refractivity contribution is 6.32. The first-order valence-electron chi connectivity index (χ1n) is 9.94. The van der Waals surface area contributed by atoms with Crippen molar-refractivity contribution in [2.75, 3.05) is 17.7 Å². The van der Waals surface area contributed by atoms with Crippen LogP contribution in [-0.4, -0.2) is 23.0 Å². The number of rotatable bonds is 6. The average Bonchev–Trinajstić information content (AvgIpc) is 2.79. The molecular formula is C25H21ClN4O2. The quantitative estimate of drug-likeness (QED) is 0.375. The number of halogens is 1. The maximum Gasteiger partial charge on any atom is 0.255 e. The molecule has 3 aromatic carbocycles. The van der Waals surface area contributed by atoms with Crippen molar-refractivity contribution >= 4 is 34.7 Å². The van der Waals surface area contributed by atoms with E-state index in [0.717, 1.165) is 16.8 Å². The van der Waals surface area contributed by atoms with Gasteiger partial charge in [-0.3, -0.25) is 4.79 Å². The van der Waals surface area contributed by atoms with Gasteiger partial charge in [0.2, 0.25) is 0 Å². The van der Waals surface area contributed by atoms with Gasteiger partial charge in [0.05, 0.1) is 12.1 Å². The molecule has 1 amide bonds. The maximum absolute atomic E-state index is 12.7. The average molecular weight is 445 g/mol. The highest BCUT2D eigenvalue weighted by Crippen LogP contribution is 2.27. The van der Waals surface area contributed by atoms with Crippen molar-refractivity contribution in [2.45, 2.75) is 6.92 Å². The number of nitrogens with zero attached hydrogens (tertiary/aromatic N) is 2. The lowest BCUT2D eigenvalue weighted by molar-refractivity contribution is 0.102. The minimum Gasteiger partial charge on any atom is -0.495 e. The fraction of sp³-hybridized carbons (Fsp3) is 0.0800. The summed E-state index contributed by atoms with van der Waals surface area (Å²) in [6.45, 7) is 2.03. The normalized spacial score (nSPS) is 10.5. The Kier molecular flexibility index (Phi) is 6.33. The molecule has 0 bridgehead atoms. The van der Waals surface area contributed by atoms with Crippen molar-refractivity contribution in [3.8, 4) is 17.1 Å². The lowest BCUT2D eigenvalue weighted by Crippen LogP contribution is -2.12. The van der Waals surface area contributed by atoms with Gasteiger partial charge in [-0.25, -0.2) is 9.97 Å². The Hall–Kier alpha value is -3.90. The van der Waals surface area contributed by atoms with E-state index >= 15 is 0 Å². The van der Waals surface area contributed by atoms with Crippen LogP contribution in [0.25, 0.3) is 11.4 Å². The summed E-state index contributed by atoms with van der Waals surface area (Å²) in [7, 11) is 1.54. The minimum atomic E-state index is -0.252. The molecule has 0 aliphatic rings. The van der Waals surface area contributed by atoms with Gasteiger partial charge in [-0.2, -0.15) is 0 Å². The lowest BCUT2D eigenvalue weighted by Gasteiger charge is -2.10. The number of carbonyl (C=O) groups excluding carboxylic acids is 1. The Labute approximate surface area is 191 Å². The molecule has 0 spiro atoms. The number of amides is 1. The van der Waals surface area contributed by atoms with E-state index < -0.39 is 0 Å². The Bertz CT molecular complexity index is 1280. The van der Waals surface area contributed by atoms with Gasteiger partial charge in [0, 0.05) is 28.7 Å². The number of ether oxygens (including phenoxy) is 1. The molecule has 0 atom stereocenters. The number of aryl methyl sites for hydroxylation is 1. The van der Waals surface area contributed by atoms with E-state index in [0.29, 0.717) is 33.7 Å². The van der Waals surface area contributed by atoms with Crippen LogP contribution in [0.4, 0.5) is 17.2 Å². The summed E-state index contributed by atoms with van der Waals surface area (Å²) < 4.78 is 5.14. The Morgan fingerprint density at radius 3 is 2.59 bits per heavy atom. The molecule has 7 heteroatoms. The molecule has 160 valence electrons. The Morgan fingerprint density at radius 2 is 1.81 bits per heavy atom. The van der Waals surface area contributed by atoms with E-state index in [1.807, 2.05) is 37.3 Å². The molecule has 0 saturated heterocycles. The molecule has 1 heterocycles. The van der Waals surface area contributed by atoms with E-state index in [1.54, 1.807) is 55.8 Å². The number of nitrogens with one attached hydrogen (secondary N) is 2. The predicted octanol–water partition coefficient (Wildman–Crippen LogP) is 6.11. The maximum atomic E-state index is 12.7. The highest BCUT2D eigenvalue weighted by atomic mass is 35.5. The Balaban J connectivity index is 1.50. The van der Waals surface area contributed by atoms with Crippen molar-refractivity contribution in [3.05, 3.63) is 95.1 Å². The van der Waals surface area contributed by atoms with Crippen LogP contribution in [0.3, 0.4) is 0 Å². The summed E-state index contributed by atoms with van der Waals surface area (Å²) in [6.07, 6.45) is 1.71. The first-order chi connectivity index (χ1) is 15.5. The molecule has 32 heavy (non-hydrogen) atoms. The van der Waals surface area contributed by atoms with E-state index in [4.69, 9.17) is 16.3 Å². The van der Waals surface area contributed by atoms with Gasteiger partial charge in [-0.15, -0.1) is 0 Å². The number of hydrogen-bond donors (Lipinski definition) is 2. The van der Waals surface area contributed by atoms with Crippen molar-refractivity contribution in [2.24, 2.45) is 0 Å². The summed E-state index contributed by atoms with van der Waals surface area (Å²) in [5, 5.41) is 6.51. The second-order valence-corrected chi connectivity index (χ2v) is 7.55. The standard InChI is InChI=1S/C25H21ClN4O2/c1-16-5-3-6-17(13-16)24-27-12-11-23(30-24)28-19-8-4-7-18(14-19)25(31)29-20-9-10-22(32-2)21(26)15-20/h3-15H,1-2H3,(H,29,31)(H,27,28,30). The number of methoxy groups -OCH3 is 1. The molecular weight excluding hydrogens is 424 g/mol. The molecule has 0 radical (unpaired) electrons. The fourth-order valence-corrected chi connectivity index (χ4v) is 3.44. The number of hydrogen-bond acceptors (Lipinski definition) is 5. The first-order valence-corrected chi connectivity index (χ1v) is 10.3. The van der Waals surface area contributed by atoms with Gasteiger partial charge in [0.25, 0.3) is 5.91 Å². The molecule has 2 N–H and O–H groups in total. The second-order valence-electron chi connectivity index (χ2n) is 7.14. The van der Waals surface area contributed by atoms with Crippen LogP contribution in [-0.2, 0) is 0 Å². The van der Waals surface area contributed by atoms with Crippen LogP contribution in [0.5, 0.6) is 5.75 Å². The summed E-state index contributed by atoms with van der Waals surface area (Å²) >= 11 is 6.14. The Morgan fingerprint density at radius 1 is 0.969 bits per heavy atom. The highest BCUT2D eigenvalue weighted by Gasteiger charge is 2.10. The van der Waals surface area contributed by atoms with Crippen molar-refractivity contribution in [3.63, 3.8) is 0 Å². The largest absolute Gasteiger partial charge is 0.495 e. The number of carbonyl (C=O) groups is 1. The molecule has 0 aliphatic carbocycles. The van der Waals surface area contributed by atoms with Gasteiger partial charge < -0.3 is 15.4 Å². The zero-order chi connectivity index (χ0) is 22.5. The molecule has 4 aromatic rings.